The summed E-state index contributed by atoms with van der Waals surface area (Å²) >= 11 is 0. The highest BCUT2D eigenvalue weighted by atomic mass is 19.1. The van der Waals surface area contributed by atoms with Gasteiger partial charge in [0.25, 0.3) is 5.91 Å². The minimum atomic E-state index is -0.895. The van der Waals surface area contributed by atoms with Crippen molar-refractivity contribution in [2.75, 3.05) is 6.54 Å². The summed E-state index contributed by atoms with van der Waals surface area (Å²) in [6, 6.07) is 4.98. The van der Waals surface area contributed by atoms with Crippen LogP contribution in [0.3, 0.4) is 0 Å². The third-order valence-corrected chi connectivity index (χ3v) is 3.31. The van der Waals surface area contributed by atoms with Gasteiger partial charge >= 0.3 is 0 Å². The molecular weight excluding hydrogens is 316 g/mol. The van der Waals surface area contributed by atoms with Crippen LogP contribution in [0.2, 0.25) is 0 Å². The summed E-state index contributed by atoms with van der Waals surface area (Å²) in [5.41, 5.74) is -0.588. The minimum Gasteiger partial charge on any atom is -0.350 e. The zero-order valence-corrected chi connectivity index (χ0v) is 12.5. The predicted molar refractivity (Wildman–Crippen MR) is 81.9 cm³/mol. The minimum absolute atomic E-state index is 0.169. The highest BCUT2D eigenvalue weighted by molar-refractivity contribution is 5.94. The molecule has 6 nitrogen and oxygen atoms in total. The van der Waals surface area contributed by atoms with E-state index >= 15 is 0 Å². The predicted octanol–water partition coefficient (Wildman–Crippen LogP) is 2.05. The average molecular weight is 329 g/mol. The molecule has 0 aliphatic rings. The molecule has 3 rings (SSSR count). The molecule has 122 valence electrons. The van der Waals surface area contributed by atoms with Crippen LogP contribution in [-0.2, 0) is 6.54 Å². The Morgan fingerprint density at radius 3 is 2.46 bits per heavy atom. The molecule has 3 aromatic rings. The molecule has 0 aliphatic carbocycles. The molecule has 0 atom stereocenters. The Hall–Kier alpha value is -3.16. The molecule has 2 aromatic heterocycles. The van der Waals surface area contributed by atoms with Crippen LogP contribution >= 0.6 is 0 Å². The van der Waals surface area contributed by atoms with Gasteiger partial charge in [0, 0.05) is 37.9 Å². The summed E-state index contributed by atoms with van der Waals surface area (Å²) in [6.07, 6.45) is 6.50. The van der Waals surface area contributed by atoms with Crippen LogP contribution in [0.1, 0.15) is 10.4 Å². The Morgan fingerprint density at radius 1 is 1.04 bits per heavy atom. The zero-order chi connectivity index (χ0) is 16.9. The van der Waals surface area contributed by atoms with E-state index < -0.39 is 23.1 Å². The van der Waals surface area contributed by atoms with E-state index in [1.807, 2.05) is 0 Å². The van der Waals surface area contributed by atoms with Crippen molar-refractivity contribution in [3.05, 3.63) is 66.3 Å². The van der Waals surface area contributed by atoms with E-state index in [1.165, 1.54) is 6.07 Å². The number of carbonyl (C=O) groups excluding carboxylic acids is 1. The number of nitrogens with one attached hydrogen (secondary N) is 1. The molecule has 0 unspecified atom stereocenters. The maximum atomic E-state index is 13.6. The maximum Gasteiger partial charge on any atom is 0.257 e. The summed E-state index contributed by atoms with van der Waals surface area (Å²) in [5, 5.41) is 2.49. The Labute approximate surface area is 136 Å². The van der Waals surface area contributed by atoms with Crippen molar-refractivity contribution >= 4 is 5.91 Å². The third-order valence-electron chi connectivity index (χ3n) is 3.31. The Balaban J connectivity index is 1.66. The van der Waals surface area contributed by atoms with Crippen LogP contribution in [0.15, 0.2) is 49.1 Å². The first-order valence-corrected chi connectivity index (χ1v) is 7.17. The van der Waals surface area contributed by atoms with Crippen LogP contribution in [0, 0.1) is 11.6 Å². The Morgan fingerprint density at radius 2 is 1.75 bits per heavy atom. The van der Waals surface area contributed by atoms with Crippen molar-refractivity contribution in [3.63, 3.8) is 0 Å². The van der Waals surface area contributed by atoms with E-state index in [4.69, 9.17) is 0 Å². The highest BCUT2D eigenvalue weighted by Crippen LogP contribution is 2.12. The van der Waals surface area contributed by atoms with Gasteiger partial charge in [-0.1, -0.05) is 6.07 Å². The summed E-state index contributed by atoms with van der Waals surface area (Å²) in [6.45, 7) is 0.526. The monoisotopic (exact) mass is 329 g/mol. The van der Waals surface area contributed by atoms with Gasteiger partial charge in [-0.2, -0.15) is 0 Å². The fraction of sp³-hybridized carbons (Fsp3) is 0.125. The molecule has 0 fully saturated rings. The molecule has 1 amide bonds. The van der Waals surface area contributed by atoms with Gasteiger partial charge in [-0.3, -0.25) is 4.79 Å². The van der Waals surface area contributed by atoms with E-state index in [0.29, 0.717) is 18.2 Å². The molecule has 1 aromatic carbocycles. The quantitative estimate of drug-likeness (QED) is 0.777. The first kappa shape index (κ1) is 15.7. The van der Waals surface area contributed by atoms with Crippen LogP contribution < -0.4 is 5.32 Å². The Bertz CT molecular complexity index is 830. The van der Waals surface area contributed by atoms with Crippen LogP contribution in [-0.4, -0.2) is 32.0 Å². The zero-order valence-electron chi connectivity index (χ0n) is 12.5. The van der Waals surface area contributed by atoms with Crippen molar-refractivity contribution in [1.29, 1.82) is 0 Å². The SMILES string of the molecule is O=C(NCCn1ccnc1-c1ncccn1)c1c(F)cccc1F. The average Bonchev–Trinajstić information content (AvgIpc) is 3.04. The van der Waals surface area contributed by atoms with Gasteiger partial charge in [0.1, 0.15) is 17.2 Å². The van der Waals surface area contributed by atoms with Crippen molar-refractivity contribution in [2.45, 2.75) is 6.54 Å². The van der Waals surface area contributed by atoms with Crippen LogP contribution in [0.4, 0.5) is 8.78 Å². The number of nitrogens with zero attached hydrogens (tertiary/aromatic N) is 4. The van der Waals surface area contributed by atoms with E-state index in [2.05, 4.69) is 20.3 Å². The molecule has 0 aliphatic heterocycles. The summed E-state index contributed by atoms with van der Waals surface area (Å²) < 4.78 is 28.9. The number of amides is 1. The fourth-order valence-corrected chi connectivity index (χ4v) is 2.20. The van der Waals surface area contributed by atoms with Crippen LogP contribution in [0.25, 0.3) is 11.6 Å². The van der Waals surface area contributed by atoms with Crippen molar-refractivity contribution in [3.8, 4) is 11.6 Å². The van der Waals surface area contributed by atoms with Gasteiger partial charge in [-0.05, 0) is 18.2 Å². The van der Waals surface area contributed by atoms with Gasteiger partial charge in [-0.25, -0.2) is 23.7 Å². The molecule has 0 bridgehead atoms. The molecule has 24 heavy (non-hydrogen) atoms. The molecule has 0 saturated carbocycles. The van der Waals surface area contributed by atoms with Crippen molar-refractivity contribution in [1.82, 2.24) is 24.8 Å². The molecule has 0 saturated heterocycles. The summed E-state index contributed by atoms with van der Waals surface area (Å²) in [7, 11) is 0. The smallest absolute Gasteiger partial charge is 0.257 e. The van der Waals surface area contributed by atoms with E-state index in [-0.39, 0.29) is 6.54 Å². The van der Waals surface area contributed by atoms with E-state index in [0.717, 1.165) is 12.1 Å². The molecule has 0 spiro atoms. The summed E-state index contributed by atoms with van der Waals surface area (Å²) in [5.74, 6) is -1.60. The topological polar surface area (TPSA) is 72.7 Å². The van der Waals surface area contributed by atoms with Gasteiger partial charge in [0.2, 0.25) is 0 Å². The number of hydrogen-bond acceptors (Lipinski definition) is 4. The van der Waals surface area contributed by atoms with Crippen LogP contribution in [0.5, 0.6) is 0 Å². The van der Waals surface area contributed by atoms with Gasteiger partial charge in [-0.15, -0.1) is 0 Å². The lowest BCUT2D eigenvalue weighted by Crippen LogP contribution is -2.29. The number of rotatable bonds is 5. The molecular formula is C16H13F2N5O. The maximum absolute atomic E-state index is 13.6. The lowest BCUT2D eigenvalue weighted by atomic mass is 10.2. The Kier molecular flexibility index (Phi) is 4.55. The van der Waals surface area contributed by atoms with Crippen molar-refractivity contribution in [2.24, 2.45) is 0 Å². The molecule has 8 heteroatoms. The van der Waals surface area contributed by atoms with Gasteiger partial charge in [0.05, 0.1) is 0 Å². The number of benzene rings is 1. The number of aromatic nitrogens is 4. The highest BCUT2D eigenvalue weighted by Gasteiger charge is 2.16. The number of halogens is 2. The first-order chi connectivity index (χ1) is 11.7. The standard InChI is InChI=1S/C16H13F2N5O/c17-11-3-1-4-12(18)13(11)16(24)22-8-10-23-9-7-21-15(23)14-19-5-2-6-20-14/h1-7,9H,8,10H2,(H,22,24). The lowest BCUT2D eigenvalue weighted by molar-refractivity contribution is 0.0944. The second-order valence-corrected chi connectivity index (χ2v) is 4.87. The molecule has 2 heterocycles. The van der Waals surface area contributed by atoms with Gasteiger partial charge < -0.3 is 9.88 Å². The fourth-order valence-electron chi connectivity index (χ4n) is 2.20. The van der Waals surface area contributed by atoms with Crippen molar-refractivity contribution < 1.29 is 13.6 Å². The largest absolute Gasteiger partial charge is 0.350 e. The number of carbonyl (C=O) groups is 1. The first-order valence-electron chi connectivity index (χ1n) is 7.17. The third kappa shape index (κ3) is 3.27. The van der Waals surface area contributed by atoms with Gasteiger partial charge in [0.15, 0.2) is 11.6 Å². The van der Waals surface area contributed by atoms with E-state index in [1.54, 1.807) is 35.4 Å². The normalized spacial score (nSPS) is 10.6. The molecule has 0 radical (unpaired) electrons. The second-order valence-electron chi connectivity index (χ2n) is 4.87. The second kappa shape index (κ2) is 6.95. The summed E-state index contributed by atoms with van der Waals surface area (Å²) in [4.78, 5) is 24.3. The number of hydrogen-bond donors (Lipinski definition) is 1. The number of imidazole rings is 1. The molecule has 1 N–H and O–H groups in total. The van der Waals surface area contributed by atoms with E-state index in [9.17, 15) is 13.6 Å². The lowest BCUT2D eigenvalue weighted by Gasteiger charge is -2.09.